The predicted molar refractivity (Wildman–Crippen MR) is 119 cm³/mol. The first kappa shape index (κ1) is 22.0. The van der Waals surface area contributed by atoms with E-state index in [9.17, 15) is 9.59 Å². The lowest BCUT2D eigenvalue weighted by atomic mass is 9.94. The second kappa shape index (κ2) is 9.97. The third-order valence-corrected chi connectivity index (χ3v) is 6.13. The van der Waals surface area contributed by atoms with E-state index in [1.54, 1.807) is 38.6 Å². The molecule has 2 amide bonds. The molecule has 2 aliphatic rings. The van der Waals surface area contributed by atoms with E-state index in [1.807, 2.05) is 23.2 Å². The zero-order chi connectivity index (χ0) is 22.5. The highest BCUT2D eigenvalue weighted by Gasteiger charge is 2.35. The smallest absolute Gasteiger partial charge is 0.241 e. The Morgan fingerprint density at radius 2 is 1.94 bits per heavy atom. The Balaban J connectivity index is 1.29. The van der Waals surface area contributed by atoms with Gasteiger partial charge in [-0.1, -0.05) is 6.07 Å². The third-order valence-electron chi connectivity index (χ3n) is 6.13. The van der Waals surface area contributed by atoms with Crippen molar-refractivity contribution < 1.29 is 19.1 Å². The number of carbonyl (C=O) groups is 2. The Labute approximate surface area is 187 Å². The number of methoxy groups -OCH3 is 2. The number of anilines is 1. The number of piperidine rings is 1. The molecule has 0 radical (unpaired) electrons. The molecule has 1 aromatic carbocycles. The lowest BCUT2D eigenvalue weighted by Crippen LogP contribution is -2.49. The van der Waals surface area contributed by atoms with Gasteiger partial charge >= 0.3 is 0 Å². The van der Waals surface area contributed by atoms with E-state index in [1.165, 1.54) is 0 Å². The number of carbonyl (C=O) groups excluding carboxylic acids is 2. The highest BCUT2D eigenvalue weighted by Crippen LogP contribution is 2.30. The average Bonchev–Trinajstić information content (AvgIpc) is 3.34. The van der Waals surface area contributed by atoms with Crippen molar-refractivity contribution in [2.75, 3.05) is 32.6 Å². The fourth-order valence-corrected chi connectivity index (χ4v) is 4.25. The normalized spacial score (nSPS) is 21.2. The molecule has 9 heteroatoms. The first-order valence-electron chi connectivity index (χ1n) is 10.8. The van der Waals surface area contributed by atoms with Crippen LogP contribution in [0.4, 0.5) is 5.69 Å². The fourth-order valence-electron chi connectivity index (χ4n) is 4.25. The second-order valence-electron chi connectivity index (χ2n) is 8.07. The standard InChI is InChI=1S/C23H29N5O4/c1-31-17-5-6-21(32-2)19(12-17)25-22(29)15-7-10-28(11-8-15)23(30)20-13-18(26-27-20)16-4-3-9-24-14-16/h3-6,9,12,14-15,18,20,26-27H,7-8,10-11,13H2,1-2H3,(H,25,29). The summed E-state index contributed by atoms with van der Waals surface area (Å²) in [5, 5.41) is 2.95. The second-order valence-corrected chi connectivity index (χ2v) is 8.07. The molecule has 9 nitrogen and oxygen atoms in total. The number of aromatic nitrogens is 1. The molecule has 2 aromatic rings. The van der Waals surface area contributed by atoms with E-state index in [-0.39, 0.29) is 29.8 Å². The summed E-state index contributed by atoms with van der Waals surface area (Å²) in [5.74, 6) is 1.06. The maximum atomic E-state index is 13.0. The Bertz CT molecular complexity index is 947. The molecule has 2 saturated heterocycles. The molecule has 1 aromatic heterocycles. The van der Waals surface area contributed by atoms with Gasteiger partial charge in [-0.2, -0.15) is 0 Å². The van der Waals surface area contributed by atoms with Gasteiger partial charge in [0.25, 0.3) is 0 Å². The Hall–Kier alpha value is -3.17. The highest BCUT2D eigenvalue weighted by molar-refractivity contribution is 5.94. The largest absolute Gasteiger partial charge is 0.497 e. The van der Waals surface area contributed by atoms with Gasteiger partial charge in [-0.25, -0.2) is 10.9 Å². The van der Waals surface area contributed by atoms with Crippen molar-refractivity contribution in [3.8, 4) is 11.5 Å². The van der Waals surface area contributed by atoms with Crippen LogP contribution in [-0.2, 0) is 9.59 Å². The van der Waals surface area contributed by atoms with Gasteiger partial charge in [0.1, 0.15) is 17.5 Å². The lowest BCUT2D eigenvalue weighted by molar-refractivity contribution is -0.136. The minimum Gasteiger partial charge on any atom is -0.497 e. The summed E-state index contributed by atoms with van der Waals surface area (Å²) in [7, 11) is 3.14. The quantitative estimate of drug-likeness (QED) is 0.631. The molecule has 32 heavy (non-hydrogen) atoms. The molecule has 0 bridgehead atoms. The number of ether oxygens (including phenoxy) is 2. The molecule has 2 fully saturated rings. The molecule has 2 aliphatic heterocycles. The van der Waals surface area contributed by atoms with Crippen LogP contribution < -0.4 is 25.6 Å². The van der Waals surface area contributed by atoms with Crippen LogP contribution in [0.1, 0.15) is 30.9 Å². The summed E-state index contributed by atoms with van der Waals surface area (Å²) >= 11 is 0. The van der Waals surface area contributed by atoms with E-state index < -0.39 is 0 Å². The molecule has 3 N–H and O–H groups in total. The van der Waals surface area contributed by atoms with Crippen LogP contribution in [-0.4, -0.2) is 55.0 Å². The number of hydrogen-bond acceptors (Lipinski definition) is 7. The number of hydrogen-bond donors (Lipinski definition) is 3. The zero-order valence-electron chi connectivity index (χ0n) is 18.3. The fraction of sp³-hybridized carbons (Fsp3) is 0.435. The minimum absolute atomic E-state index is 0.0545. The predicted octanol–water partition coefficient (Wildman–Crippen LogP) is 1.88. The van der Waals surface area contributed by atoms with E-state index in [4.69, 9.17) is 9.47 Å². The van der Waals surface area contributed by atoms with E-state index in [0.29, 0.717) is 49.5 Å². The van der Waals surface area contributed by atoms with E-state index in [0.717, 1.165) is 5.56 Å². The van der Waals surface area contributed by atoms with Crippen molar-refractivity contribution in [2.24, 2.45) is 5.92 Å². The molecule has 0 saturated carbocycles. The van der Waals surface area contributed by atoms with Crippen LogP contribution in [0.3, 0.4) is 0 Å². The summed E-state index contributed by atoms with van der Waals surface area (Å²) in [6.07, 6.45) is 5.46. The molecular formula is C23H29N5O4. The van der Waals surface area contributed by atoms with Crippen molar-refractivity contribution >= 4 is 17.5 Å². The molecule has 4 rings (SSSR count). The highest BCUT2D eigenvalue weighted by atomic mass is 16.5. The number of nitrogens with one attached hydrogen (secondary N) is 3. The van der Waals surface area contributed by atoms with Crippen LogP contribution in [0.15, 0.2) is 42.7 Å². The van der Waals surface area contributed by atoms with E-state index in [2.05, 4.69) is 21.2 Å². The van der Waals surface area contributed by atoms with Crippen LogP contribution in [0.5, 0.6) is 11.5 Å². The summed E-state index contributed by atoms with van der Waals surface area (Å²) < 4.78 is 10.6. The topological polar surface area (TPSA) is 105 Å². The van der Waals surface area contributed by atoms with Gasteiger partial charge < -0.3 is 19.7 Å². The average molecular weight is 440 g/mol. The van der Waals surface area contributed by atoms with Gasteiger partial charge in [0.05, 0.1) is 19.9 Å². The number of hydrazine groups is 1. The Kier molecular flexibility index (Phi) is 6.87. The first-order chi connectivity index (χ1) is 15.6. The van der Waals surface area contributed by atoms with Crippen LogP contribution in [0, 0.1) is 5.92 Å². The van der Waals surface area contributed by atoms with Crippen molar-refractivity contribution in [3.63, 3.8) is 0 Å². The van der Waals surface area contributed by atoms with Gasteiger partial charge in [0, 0.05) is 43.5 Å². The maximum Gasteiger partial charge on any atom is 0.241 e. The monoisotopic (exact) mass is 439 g/mol. The zero-order valence-corrected chi connectivity index (χ0v) is 18.3. The molecule has 2 atom stereocenters. The molecule has 0 aliphatic carbocycles. The maximum absolute atomic E-state index is 13.0. The number of amides is 2. The van der Waals surface area contributed by atoms with Crippen molar-refractivity contribution in [1.82, 2.24) is 20.7 Å². The first-order valence-corrected chi connectivity index (χ1v) is 10.8. The number of rotatable bonds is 6. The van der Waals surface area contributed by atoms with Crippen LogP contribution >= 0.6 is 0 Å². The van der Waals surface area contributed by atoms with Gasteiger partial charge in [-0.15, -0.1) is 0 Å². The van der Waals surface area contributed by atoms with Gasteiger partial charge in [-0.05, 0) is 43.0 Å². The Morgan fingerprint density at radius 3 is 2.62 bits per heavy atom. The number of pyridine rings is 1. The van der Waals surface area contributed by atoms with Crippen LogP contribution in [0.25, 0.3) is 0 Å². The Morgan fingerprint density at radius 1 is 1.12 bits per heavy atom. The van der Waals surface area contributed by atoms with Crippen molar-refractivity contribution in [1.29, 1.82) is 0 Å². The van der Waals surface area contributed by atoms with Crippen molar-refractivity contribution in [2.45, 2.75) is 31.3 Å². The molecule has 170 valence electrons. The summed E-state index contributed by atoms with van der Waals surface area (Å²) in [4.78, 5) is 31.8. The third kappa shape index (κ3) is 4.84. The SMILES string of the molecule is COc1ccc(OC)c(NC(=O)C2CCN(C(=O)C3CC(c4cccnc4)NN3)CC2)c1. The lowest BCUT2D eigenvalue weighted by Gasteiger charge is -2.33. The summed E-state index contributed by atoms with van der Waals surface area (Å²) in [6.45, 7) is 1.11. The number of benzene rings is 1. The van der Waals surface area contributed by atoms with Crippen LogP contribution in [0.2, 0.25) is 0 Å². The number of likely N-dealkylation sites (tertiary alicyclic amines) is 1. The minimum atomic E-state index is -0.286. The van der Waals surface area contributed by atoms with Crippen molar-refractivity contribution in [3.05, 3.63) is 48.3 Å². The summed E-state index contributed by atoms with van der Waals surface area (Å²) in [5.41, 5.74) is 7.95. The molecular weight excluding hydrogens is 410 g/mol. The van der Waals surface area contributed by atoms with Gasteiger partial charge in [0.2, 0.25) is 11.8 Å². The van der Waals surface area contributed by atoms with Gasteiger partial charge in [-0.3, -0.25) is 14.6 Å². The summed E-state index contributed by atoms with van der Waals surface area (Å²) in [6, 6.07) is 8.95. The van der Waals surface area contributed by atoms with Gasteiger partial charge in [0.15, 0.2) is 0 Å². The molecule has 3 heterocycles. The number of nitrogens with zero attached hydrogens (tertiary/aromatic N) is 2. The van der Waals surface area contributed by atoms with E-state index >= 15 is 0 Å². The molecule has 0 spiro atoms. The molecule has 2 unspecified atom stereocenters.